The van der Waals surface area contributed by atoms with Crippen LogP contribution in [-0.2, 0) is 0 Å². The van der Waals surface area contributed by atoms with Gasteiger partial charge in [0.25, 0.3) is 0 Å². The summed E-state index contributed by atoms with van der Waals surface area (Å²) in [5, 5.41) is 12.8. The minimum Gasteiger partial charge on any atom is -0.495 e. The van der Waals surface area contributed by atoms with Crippen LogP contribution in [0.2, 0.25) is 5.02 Å². The van der Waals surface area contributed by atoms with E-state index in [0.29, 0.717) is 11.6 Å². The molecule has 0 aromatic heterocycles. The third kappa shape index (κ3) is 3.25. The number of methoxy groups -OCH3 is 1. The monoisotopic (exact) mass is 258 g/mol. The fourth-order valence-electron chi connectivity index (χ4n) is 1.60. The summed E-state index contributed by atoms with van der Waals surface area (Å²) in [7, 11) is 1.61. The van der Waals surface area contributed by atoms with Crippen LogP contribution in [0.4, 0.5) is 5.69 Å². The second-order valence-electron chi connectivity index (χ2n) is 4.03. The zero-order valence-electron chi connectivity index (χ0n) is 10.4. The summed E-state index contributed by atoms with van der Waals surface area (Å²) in [6, 6.07) is 1.57. The van der Waals surface area contributed by atoms with E-state index in [1.165, 1.54) is 0 Å². The van der Waals surface area contributed by atoms with Gasteiger partial charge in [-0.05, 0) is 31.0 Å². The number of nitrogens with two attached hydrogens (primary N) is 1. The van der Waals surface area contributed by atoms with E-state index in [-0.39, 0.29) is 12.6 Å². The van der Waals surface area contributed by atoms with Gasteiger partial charge >= 0.3 is 0 Å². The summed E-state index contributed by atoms with van der Waals surface area (Å²) < 4.78 is 5.30. The second kappa shape index (κ2) is 6.10. The molecule has 0 fully saturated rings. The lowest BCUT2D eigenvalue weighted by atomic mass is 10.1. The number of halogens is 1. The fourth-order valence-corrected chi connectivity index (χ4v) is 1.75. The predicted molar refractivity (Wildman–Crippen MR) is 71.0 cm³/mol. The van der Waals surface area contributed by atoms with Gasteiger partial charge in [0, 0.05) is 17.6 Å². The van der Waals surface area contributed by atoms with Crippen LogP contribution in [0, 0.1) is 13.8 Å². The van der Waals surface area contributed by atoms with Gasteiger partial charge in [-0.2, -0.15) is 0 Å². The Bertz CT molecular complexity index is 397. The number of rotatable bonds is 5. The van der Waals surface area contributed by atoms with Gasteiger partial charge < -0.3 is 20.9 Å². The van der Waals surface area contributed by atoms with Crippen LogP contribution in [0.5, 0.6) is 5.75 Å². The lowest BCUT2D eigenvalue weighted by molar-refractivity contribution is 0.270. The Hall–Kier alpha value is -0.970. The van der Waals surface area contributed by atoms with Crippen molar-refractivity contribution in [3.05, 3.63) is 22.2 Å². The first-order valence-electron chi connectivity index (χ1n) is 5.45. The molecule has 1 unspecified atom stereocenters. The summed E-state index contributed by atoms with van der Waals surface area (Å²) in [6.07, 6.45) is 0. The summed E-state index contributed by atoms with van der Waals surface area (Å²) >= 11 is 6.18. The number of benzene rings is 1. The van der Waals surface area contributed by atoms with Gasteiger partial charge in [-0.1, -0.05) is 11.6 Å². The molecule has 4 nitrogen and oxygen atoms in total. The zero-order chi connectivity index (χ0) is 13.0. The lowest BCUT2D eigenvalue weighted by Gasteiger charge is -2.18. The number of anilines is 1. The molecule has 1 rings (SSSR count). The first kappa shape index (κ1) is 14.1. The topological polar surface area (TPSA) is 67.5 Å². The molecular formula is C12H19ClN2O2. The SMILES string of the molecule is COc1cc(C)c(Cl)c(C)c1NCC(N)CO. The van der Waals surface area contributed by atoms with E-state index < -0.39 is 0 Å². The molecule has 96 valence electrons. The number of aliphatic hydroxyl groups is 1. The first-order chi connectivity index (χ1) is 8.01. The first-order valence-corrected chi connectivity index (χ1v) is 5.83. The lowest BCUT2D eigenvalue weighted by Crippen LogP contribution is -2.32. The maximum atomic E-state index is 8.88. The average Bonchev–Trinajstić information content (AvgIpc) is 2.33. The average molecular weight is 259 g/mol. The Morgan fingerprint density at radius 2 is 2.18 bits per heavy atom. The quantitative estimate of drug-likeness (QED) is 0.752. The van der Waals surface area contributed by atoms with Crippen molar-refractivity contribution in [1.29, 1.82) is 0 Å². The van der Waals surface area contributed by atoms with E-state index in [0.717, 1.165) is 22.6 Å². The number of hydrogen-bond donors (Lipinski definition) is 3. The van der Waals surface area contributed by atoms with Crippen LogP contribution in [0.3, 0.4) is 0 Å². The third-order valence-corrected chi connectivity index (χ3v) is 3.22. The van der Waals surface area contributed by atoms with E-state index in [1.807, 2.05) is 19.9 Å². The molecule has 0 heterocycles. The highest BCUT2D eigenvalue weighted by atomic mass is 35.5. The largest absolute Gasteiger partial charge is 0.495 e. The molecule has 0 aliphatic carbocycles. The maximum absolute atomic E-state index is 8.88. The fraction of sp³-hybridized carbons (Fsp3) is 0.500. The molecule has 1 aromatic carbocycles. The van der Waals surface area contributed by atoms with Crippen molar-refractivity contribution in [3.8, 4) is 5.75 Å². The molecule has 0 saturated carbocycles. The Kier molecular flexibility index (Phi) is 5.05. The van der Waals surface area contributed by atoms with E-state index >= 15 is 0 Å². The Morgan fingerprint density at radius 3 is 2.71 bits per heavy atom. The standard InChI is InChI=1S/C12H19ClN2O2/c1-7-4-10(17-3)12(8(2)11(7)13)15-5-9(14)6-16/h4,9,15-16H,5-6,14H2,1-3H3. The summed E-state index contributed by atoms with van der Waals surface area (Å²) in [5.41, 5.74) is 8.37. The van der Waals surface area contributed by atoms with Gasteiger partial charge in [0.2, 0.25) is 0 Å². The molecule has 1 atom stereocenters. The number of nitrogens with one attached hydrogen (secondary N) is 1. The van der Waals surface area contributed by atoms with Gasteiger partial charge in [0.1, 0.15) is 5.75 Å². The molecule has 0 saturated heterocycles. The minimum atomic E-state index is -0.306. The van der Waals surface area contributed by atoms with Crippen molar-refractivity contribution in [2.24, 2.45) is 5.73 Å². The molecule has 0 amide bonds. The van der Waals surface area contributed by atoms with Gasteiger partial charge in [0.15, 0.2) is 0 Å². The molecule has 5 heteroatoms. The van der Waals surface area contributed by atoms with E-state index in [9.17, 15) is 0 Å². The Balaban J connectivity index is 3.00. The van der Waals surface area contributed by atoms with Gasteiger partial charge in [-0.3, -0.25) is 0 Å². The number of hydrogen-bond acceptors (Lipinski definition) is 4. The third-order valence-electron chi connectivity index (χ3n) is 2.64. The molecule has 4 N–H and O–H groups in total. The van der Waals surface area contributed by atoms with Crippen LogP contribution in [0.25, 0.3) is 0 Å². The zero-order valence-corrected chi connectivity index (χ0v) is 11.1. The highest BCUT2D eigenvalue weighted by molar-refractivity contribution is 6.32. The molecule has 0 aliphatic rings. The van der Waals surface area contributed by atoms with Crippen molar-refractivity contribution in [2.45, 2.75) is 19.9 Å². The van der Waals surface area contributed by atoms with E-state index in [2.05, 4.69) is 5.32 Å². The number of aryl methyl sites for hydroxylation is 1. The number of ether oxygens (including phenoxy) is 1. The van der Waals surface area contributed by atoms with Crippen LogP contribution < -0.4 is 15.8 Å². The van der Waals surface area contributed by atoms with Crippen molar-refractivity contribution < 1.29 is 9.84 Å². The van der Waals surface area contributed by atoms with Crippen molar-refractivity contribution in [3.63, 3.8) is 0 Å². The summed E-state index contributed by atoms with van der Waals surface area (Å²) in [6.45, 7) is 4.26. The van der Waals surface area contributed by atoms with Crippen LogP contribution in [-0.4, -0.2) is 31.4 Å². The van der Waals surface area contributed by atoms with Crippen LogP contribution in [0.1, 0.15) is 11.1 Å². The molecule has 1 aromatic rings. The minimum absolute atomic E-state index is 0.0616. The van der Waals surface area contributed by atoms with Crippen molar-refractivity contribution in [1.82, 2.24) is 0 Å². The molecular weight excluding hydrogens is 240 g/mol. The summed E-state index contributed by atoms with van der Waals surface area (Å²) in [4.78, 5) is 0. The van der Waals surface area contributed by atoms with Gasteiger partial charge in [-0.25, -0.2) is 0 Å². The molecule has 0 bridgehead atoms. The van der Waals surface area contributed by atoms with E-state index in [1.54, 1.807) is 7.11 Å². The smallest absolute Gasteiger partial charge is 0.142 e. The van der Waals surface area contributed by atoms with Gasteiger partial charge in [0.05, 0.1) is 19.4 Å². The Morgan fingerprint density at radius 1 is 1.53 bits per heavy atom. The van der Waals surface area contributed by atoms with Gasteiger partial charge in [-0.15, -0.1) is 0 Å². The van der Waals surface area contributed by atoms with Crippen molar-refractivity contribution in [2.75, 3.05) is 25.6 Å². The molecule has 0 radical (unpaired) electrons. The van der Waals surface area contributed by atoms with Crippen LogP contribution in [0.15, 0.2) is 6.07 Å². The highest BCUT2D eigenvalue weighted by Crippen LogP contribution is 2.35. The van der Waals surface area contributed by atoms with Crippen LogP contribution >= 0.6 is 11.6 Å². The normalized spacial score (nSPS) is 12.4. The Labute approximate surface area is 107 Å². The summed E-state index contributed by atoms with van der Waals surface area (Å²) in [5.74, 6) is 0.731. The second-order valence-corrected chi connectivity index (χ2v) is 4.41. The molecule has 0 aliphatic heterocycles. The highest BCUT2D eigenvalue weighted by Gasteiger charge is 2.13. The maximum Gasteiger partial charge on any atom is 0.142 e. The van der Waals surface area contributed by atoms with Crippen molar-refractivity contribution >= 4 is 17.3 Å². The predicted octanol–water partition coefficient (Wildman–Crippen LogP) is 1.70. The molecule has 17 heavy (non-hydrogen) atoms. The number of aliphatic hydroxyl groups excluding tert-OH is 1. The van der Waals surface area contributed by atoms with E-state index in [4.69, 9.17) is 27.2 Å². The molecule has 0 spiro atoms.